The van der Waals surface area contributed by atoms with Gasteiger partial charge >= 0.3 is 6.03 Å². The molecular formula is C27H30N4O3. The van der Waals surface area contributed by atoms with Crippen molar-refractivity contribution in [1.29, 1.82) is 0 Å². The number of fused-ring (bicyclic) bond motifs is 1. The number of urea groups is 1. The van der Waals surface area contributed by atoms with E-state index >= 15 is 0 Å². The van der Waals surface area contributed by atoms with E-state index in [2.05, 4.69) is 33.0 Å². The number of nitrogens with zero attached hydrogens (tertiary/aromatic N) is 1. The standard InChI is InChI=1S/C27H30N4O3/c32-27(28-19-21-10-4-1-5-11-21)29-26-24-18-23(14-15-25(24)30-31-26)34-17-9-3-8-16-33-20-22-12-6-2-7-13-22/h1-2,4-7,10-15,18H,3,8-9,16-17,19-20H2,(H3,28,29,30,31,32). The molecule has 2 amide bonds. The third-order valence-electron chi connectivity index (χ3n) is 5.38. The number of hydrogen-bond donors (Lipinski definition) is 3. The molecule has 4 rings (SSSR count). The summed E-state index contributed by atoms with van der Waals surface area (Å²) in [6.07, 6.45) is 2.99. The van der Waals surface area contributed by atoms with Crippen LogP contribution in [0.5, 0.6) is 5.75 Å². The number of aromatic nitrogens is 2. The van der Waals surface area contributed by atoms with Crippen LogP contribution in [0.2, 0.25) is 0 Å². The van der Waals surface area contributed by atoms with Crippen LogP contribution >= 0.6 is 0 Å². The molecule has 0 aliphatic heterocycles. The van der Waals surface area contributed by atoms with Crippen LogP contribution < -0.4 is 15.4 Å². The van der Waals surface area contributed by atoms with Gasteiger partial charge in [-0.05, 0) is 48.6 Å². The summed E-state index contributed by atoms with van der Waals surface area (Å²) >= 11 is 0. The van der Waals surface area contributed by atoms with Gasteiger partial charge in [-0.2, -0.15) is 5.10 Å². The summed E-state index contributed by atoms with van der Waals surface area (Å²) in [7, 11) is 0. The summed E-state index contributed by atoms with van der Waals surface area (Å²) < 4.78 is 11.6. The van der Waals surface area contributed by atoms with Crippen molar-refractivity contribution in [3.63, 3.8) is 0 Å². The zero-order valence-electron chi connectivity index (χ0n) is 19.1. The largest absolute Gasteiger partial charge is 0.494 e. The van der Waals surface area contributed by atoms with E-state index in [1.54, 1.807) is 0 Å². The van der Waals surface area contributed by atoms with Crippen LogP contribution in [0.3, 0.4) is 0 Å². The van der Waals surface area contributed by atoms with Crippen molar-refractivity contribution in [1.82, 2.24) is 15.5 Å². The summed E-state index contributed by atoms with van der Waals surface area (Å²) in [6.45, 7) is 2.48. The number of unbranched alkanes of at least 4 members (excludes halogenated alkanes) is 2. The number of aromatic amines is 1. The van der Waals surface area contributed by atoms with E-state index in [-0.39, 0.29) is 6.03 Å². The highest BCUT2D eigenvalue weighted by molar-refractivity contribution is 5.99. The van der Waals surface area contributed by atoms with Crippen LogP contribution in [0, 0.1) is 0 Å². The minimum Gasteiger partial charge on any atom is -0.494 e. The number of carbonyl (C=O) groups is 1. The Kier molecular flexibility index (Phi) is 8.52. The molecule has 3 aromatic carbocycles. The minimum atomic E-state index is -0.307. The minimum absolute atomic E-state index is 0.307. The first-order valence-electron chi connectivity index (χ1n) is 11.6. The number of amides is 2. The molecule has 0 aliphatic rings. The van der Waals surface area contributed by atoms with Crippen LogP contribution in [-0.4, -0.2) is 29.4 Å². The highest BCUT2D eigenvalue weighted by Gasteiger charge is 2.10. The van der Waals surface area contributed by atoms with Crippen LogP contribution in [0.4, 0.5) is 10.6 Å². The van der Waals surface area contributed by atoms with Crippen molar-refractivity contribution in [2.75, 3.05) is 18.5 Å². The Bertz CT molecular complexity index is 1160. The lowest BCUT2D eigenvalue weighted by Gasteiger charge is -2.08. The molecule has 7 nitrogen and oxygen atoms in total. The predicted molar refractivity (Wildman–Crippen MR) is 134 cm³/mol. The molecule has 1 heterocycles. The summed E-state index contributed by atoms with van der Waals surface area (Å²) in [5, 5.41) is 13.6. The smallest absolute Gasteiger partial charge is 0.320 e. The molecule has 7 heteroatoms. The fourth-order valence-corrected chi connectivity index (χ4v) is 3.55. The number of anilines is 1. The molecule has 0 atom stereocenters. The Labute approximate surface area is 199 Å². The number of rotatable bonds is 12. The molecule has 0 unspecified atom stereocenters. The summed E-state index contributed by atoms with van der Waals surface area (Å²) in [6, 6.07) is 25.4. The van der Waals surface area contributed by atoms with Gasteiger partial charge in [-0.15, -0.1) is 0 Å². The molecule has 0 saturated heterocycles. The van der Waals surface area contributed by atoms with E-state index in [1.165, 1.54) is 5.56 Å². The molecule has 0 fully saturated rings. The van der Waals surface area contributed by atoms with Crippen molar-refractivity contribution < 1.29 is 14.3 Å². The van der Waals surface area contributed by atoms with E-state index in [9.17, 15) is 4.79 Å². The van der Waals surface area contributed by atoms with Crippen molar-refractivity contribution in [2.24, 2.45) is 0 Å². The maximum Gasteiger partial charge on any atom is 0.320 e. The molecule has 0 bridgehead atoms. The average Bonchev–Trinajstić information content (AvgIpc) is 3.27. The normalized spacial score (nSPS) is 10.8. The summed E-state index contributed by atoms with van der Waals surface area (Å²) in [5.74, 6) is 1.23. The van der Waals surface area contributed by atoms with Gasteiger partial charge in [0.15, 0.2) is 5.82 Å². The van der Waals surface area contributed by atoms with Gasteiger partial charge in [-0.3, -0.25) is 10.4 Å². The molecule has 34 heavy (non-hydrogen) atoms. The molecule has 3 N–H and O–H groups in total. The lowest BCUT2D eigenvalue weighted by atomic mass is 10.2. The molecule has 0 saturated carbocycles. The van der Waals surface area contributed by atoms with Crippen molar-refractivity contribution in [3.8, 4) is 5.75 Å². The van der Waals surface area contributed by atoms with E-state index < -0.39 is 0 Å². The Balaban J connectivity index is 1.17. The van der Waals surface area contributed by atoms with E-state index in [4.69, 9.17) is 9.47 Å². The van der Waals surface area contributed by atoms with Gasteiger partial charge < -0.3 is 14.8 Å². The van der Waals surface area contributed by atoms with Crippen molar-refractivity contribution >= 4 is 22.8 Å². The third-order valence-corrected chi connectivity index (χ3v) is 5.38. The second-order valence-corrected chi connectivity index (χ2v) is 8.02. The number of nitrogens with one attached hydrogen (secondary N) is 3. The quantitative estimate of drug-likeness (QED) is 0.239. The predicted octanol–water partition coefficient (Wildman–Crippen LogP) is 5.65. The van der Waals surface area contributed by atoms with Crippen LogP contribution in [-0.2, 0) is 17.9 Å². The fraction of sp³-hybridized carbons (Fsp3) is 0.259. The fourth-order valence-electron chi connectivity index (χ4n) is 3.55. The SMILES string of the molecule is O=C(NCc1ccccc1)Nc1n[nH]c2ccc(OCCCCCOCc3ccccc3)cc12. The molecular weight excluding hydrogens is 428 g/mol. The van der Waals surface area contributed by atoms with Crippen LogP contribution in [0.1, 0.15) is 30.4 Å². The van der Waals surface area contributed by atoms with Gasteiger partial charge in [0.25, 0.3) is 0 Å². The highest BCUT2D eigenvalue weighted by Crippen LogP contribution is 2.25. The second-order valence-electron chi connectivity index (χ2n) is 8.02. The summed E-state index contributed by atoms with van der Waals surface area (Å²) in [5.41, 5.74) is 3.06. The maximum atomic E-state index is 12.3. The van der Waals surface area contributed by atoms with E-state index in [1.807, 2.05) is 66.7 Å². The van der Waals surface area contributed by atoms with Gasteiger partial charge in [-0.1, -0.05) is 60.7 Å². The maximum absolute atomic E-state index is 12.3. The van der Waals surface area contributed by atoms with Gasteiger partial charge in [0, 0.05) is 18.5 Å². The third kappa shape index (κ3) is 7.08. The lowest BCUT2D eigenvalue weighted by Crippen LogP contribution is -2.28. The number of benzene rings is 3. The Hall–Kier alpha value is -3.84. The number of ether oxygens (including phenoxy) is 2. The van der Waals surface area contributed by atoms with Crippen molar-refractivity contribution in [2.45, 2.75) is 32.4 Å². The Morgan fingerprint density at radius 3 is 2.38 bits per heavy atom. The Morgan fingerprint density at radius 1 is 0.853 bits per heavy atom. The number of H-pyrrole nitrogens is 1. The molecule has 0 spiro atoms. The van der Waals surface area contributed by atoms with E-state index in [0.29, 0.717) is 25.6 Å². The van der Waals surface area contributed by atoms with Gasteiger partial charge in [-0.25, -0.2) is 4.79 Å². The van der Waals surface area contributed by atoms with E-state index in [0.717, 1.165) is 48.1 Å². The monoisotopic (exact) mass is 458 g/mol. The first kappa shape index (κ1) is 23.3. The first-order valence-corrected chi connectivity index (χ1v) is 11.6. The Morgan fingerprint density at radius 2 is 1.59 bits per heavy atom. The highest BCUT2D eigenvalue weighted by atomic mass is 16.5. The lowest BCUT2D eigenvalue weighted by molar-refractivity contribution is 0.116. The second kappa shape index (κ2) is 12.4. The topological polar surface area (TPSA) is 88.3 Å². The molecule has 0 radical (unpaired) electrons. The first-order chi connectivity index (χ1) is 16.8. The zero-order valence-corrected chi connectivity index (χ0v) is 19.1. The van der Waals surface area contributed by atoms with Gasteiger partial charge in [0.05, 0.1) is 18.7 Å². The number of hydrogen-bond acceptors (Lipinski definition) is 4. The molecule has 176 valence electrons. The summed E-state index contributed by atoms with van der Waals surface area (Å²) in [4.78, 5) is 12.3. The zero-order chi connectivity index (χ0) is 23.4. The molecule has 0 aliphatic carbocycles. The van der Waals surface area contributed by atoms with Crippen molar-refractivity contribution in [3.05, 3.63) is 90.0 Å². The van der Waals surface area contributed by atoms with Crippen LogP contribution in [0.25, 0.3) is 10.9 Å². The van der Waals surface area contributed by atoms with Gasteiger partial charge in [0.1, 0.15) is 5.75 Å². The molecule has 1 aromatic heterocycles. The van der Waals surface area contributed by atoms with Crippen LogP contribution in [0.15, 0.2) is 78.9 Å². The average molecular weight is 459 g/mol. The molecule has 4 aromatic rings. The number of carbonyl (C=O) groups excluding carboxylic acids is 1. The van der Waals surface area contributed by atoms with Gasteiger partial charge in [0.2, 0.25) is 0 Å².